The predicted molar refractivity (Wildman–Crippen MR) is 161 cm³/mol. The molecule has 12 heteroatoms. The van der Waals surface area contributed by atoms with Gasteiger partial charge in [0.15, 0.2) is 5.82 Å². The molecule has 1 N–H and O–H groups in total. The second-order valence-electron chi connectivity index (χ2n) is 10.5. The fourth-order valence-corrected chi connectivity index (χ4v) is 6.24. The number of nitrogens with one attached hydrogen (secondary N) is 1. The summed E-state index contributed by atoms with van der Waals surface area (Å²) in [5.74, 6) is 0.744. The van der Waals surface area contributed by atoms with E-state index in [2.05, 4.69) is 44.9 Å². The maximum Gasteiger partial charge on any atom is 0.410 e. The van der Waals surface area contributed by atoms with E-state index in [1.165, 1.54) is 11.1 Å². The Labute approximate surface area is 256 Å². The number of nitrogens with zero attached hydrogens (tertiary/aromatic N) is 6. The highest BCUT2D eigenvalue weighted by molar-refractivity contribution is 6.33. The van der Waals surface area contributed by atoms with E-state index in [0.717, 1.165) is 22.3 Å². The van der Waals surface area contributed by atoms with Crippen LogP contribution in [0.1, 0.15) is 28.7 Å². The molecule has 2 amide bonds. The van der Waals surface area contributed by atoms with Crippen LogP contribution in [0.2, 0.25) is 10.0 Å². The van der Waals surface area contributed by atoms with E-state index in [1.54, 1.807) is 29.1 Å². The summed E-state index contributed by atoms with van der Waals surface area (Å²) in [7, 11) is 0. The van der Waals surface area contributed by atoms with Gasteiger partial charge in [-0.05, 0) is 47.4 Å². The lowest BCUT2D eigenvalue weighted by molar-refractivity contribution is -0.122. The number of fused-ring (bicyclic) bond motifs is 4. The molecule has 43 heavy (non-hydrogen) atoms. The van der Waals surface area contributed by atoms with Crippen molar-refractivity contribution in [3.63, 3.8) is 0 Å². The van der Waals surface area contributed by atoms with Crippen molar-refractivity contribution in [3.8, 4) is 16.8 Å². The zero-order valence-corrected chi connectivity index (χ0v) is 24.5. The Balaban J connectivity index is 1.11. The van der Waals surface area contributed by atoms with E-state index >= 15 is 0 Å². The van der Waals surface area contributed by atoms with Crippen LogP contribution < -0.4 is 5.32 Å². The number of amides is 2. The zero-order chi connectivity index (χ0) is 29.7. The Hall–Kier alpha value is -4.67. The molecule has 2 aliphatic rings. The lowest BCUT2D eigenvalue weighted by Gasteiger charge is -2.34. The summed E-state index contributed by atoms with van der Waals surface area (Å²) < 4.78 is 9.32. The number of hydrogen-bond acceptors (Lipinski definition) is 6. The van der Waals surface area contributed by atoms with Gasteiger partial charge in [-0.1, -0.05) is 71.7 Å². The van der Waals surface area contributed by atoms with Gasteiger partial charge in [-0.25, -0.2) is 9.48 Å². The Kier molecular flexibility index (Phi) is 6.87. The second-order valence-corrected chi connectivity index (χ2v) is 11.3. The number of halogens is 2. The first-order valence-electron chi connectivity index (χ1n) is 13.7. The molecular weight excluding hydrogens is 589 g/mol. The molecule has 1 aliphatic carbocycles. The number of aromatic nitrogens is 5. The van der Waals surface area contributed by atoms with Crippen molar-refractivity contribution in [2.75, 3.05) is 11.9 Å². The van der Waals surface area contributed by atoms with Crippen molar-refractivity contribution in [1.29, 1.82) is 0 Å². The highest BCUT2D eigenvalue weighted by atomic mass is 35.5. The van der Waals surface area contributed by atoms with Crippen molar-refractivity contribution in [3.05, 3.63) is 112 Å². The molecule has 1 aliphatic heterocycles. The number of ether oxygens (including phenoxy) is 1. The molecule has 0 saturated heterocycles. The highest BCUT2D eigenvalue weighted by Crippen LogP contribution is 2.44. The molecule has 0 bridgehead atoms. The SMILES string of the molecule is Cc1nnc2n1CC(C(=O)Nc1ccc(-n3cc(Cl)cn3)c(Cl)c1)N(C(=O)OCC1c3ccccc3-c3ccccc31)C2. The average molecular weight is 614 g/mol. The summed E-state index contributed by atoms with van der Waals surface area (Å²) in [6.45, 7) is 2.21. The van der Waals surface area contributed by atoms with Gasteiger partial charge in [0.1, 0.15) is 18.5 Å². The quantitative estimate of drug-likeness (QED) is 0.266. The molecule has 0 fully saturated rings. The molecular formula is C31H25Cl2N7O3. The van der Waals surface area contributed by atoms with Crippen LogP contribution in [0, 0.1) is 6.92 Å². The molecule has 0 spiro atoms. The van der Waals surface area contributed by atoms with Crippen LogP contribution in [0.15, 0.2) is 79.1 Å². The summed E-state index contributed by atoms with van der Waals surface area (Å²) in [6, 6.07) is 20.5. The van der Waals surface area contributed by atoms with Crippen LogP contribution in [0.4, 0.5) is 10.5 Å². The summed E-state index contributed by atoms with van der Waals surface area (Å²) in [5.41, 5.74) is 5.57. The Morgan fingerprint density at radius 3 is 2.40 bits per heavy atom. The number of rotatable bonds is 5. The van der Waals surface area contributed by atoms with Crippen molar-refractivity contribution < 1.29 is 14.3 Å². The number of benzene rings is 3. The Morgan fingerprint density at radius 1 is 1.00 bits per heavy atom. The van der Waals surface area contributed by atoms with Gasteiger partial charge in [-0.3, -0.25) is 9.69 Å². The van der Waals surface area contributed by atoms with Gasteiger partial charge < -0.3 is 14.6 Å². The van der Waals surface area contributed by atoms with Crippen LogP contribution >= 0.6 is 23.2 Å². The lowest BCUT2D eigenvalue weighted by atomic mass is 9.98. The Morgan fingerprint density at radius 2 is 1.72 bits per heavy atom. The van der Waals surface area contributed by atoms with Gasteiger partial charge in [0.2, 0.25) is 5.91 Å². The van der Waals surface area contributed by atoms with Crippen molar-refractivity contribution in [1.82, 2.24) is 29.4 Å². The van der Waals surface area contributed by atoms with Gasteiger partial charge in [-0.15, -0.1) is 10.2 Å². The minimum Gasteiger partial charge on any atom is -0.448 e. The number of aryl methyl sites for hydroxylation is 1. The number of anilines is 1. The molecule has 0 saturated carbocycles. The fourth-order valence-electron chi connectivity index (χ4n) is 5.84. The highest BCUT2D eigenvalue weighted by Gasteiger charge is 2.38. The van der Waals surface area contributed by atoms with E-state index in [9.17, 15) is 9.59 Å². The molecule has 1 atom stereocenters. The topological polar surface area (TPSA) is 107 Å². The first-order chi connectivity index (χ1) is 20.9. The summed E-state index contributed by atoms with van der Waals surface area (Å²) in [5, 5.41) is 16.3. The summed E-state index contributed by atoms with van der Waals surface area (Å²) in [6.07, 6.45) is 2.54. The van der Waals surface area contributed by atoms with Crippen molar-refractivity contribution in [2.24, 2.45) is 0 Å². The summed E-state index contributed by atoms with van der Waals surface area (Å²) >= 11 is 12.5. The van der Waals surface area contributed by atoms with Crippen LogP contribution in [0.25, 0.3) is 16.8 Å². The monoisotopic (exact) mass is 613 g/mol. The van der Waals surface area contributed by atoms with Crippen molar-refractivity contribution in [2.45, 2.75) is 32.0 Å². The molecule has 0 radical (unpaired) electrons. The standard InChI is InChI=1S/C31H25Cl2N7O3/c1-18-36-37-29-16-39(31(42)43-17-25-23-8-4-2-6-21(23)22-7-3-5-9-24(22)25)28(15-38(18)29)30(41)35-20-10-11-27(26(33)12-20)40-14-19(32)13-34-40/h2-14,25,28H,15-17H2,1H3,(H,35,41). The molecule has 10 nitrogen and oxygen atoms in total. The third kappa shape index (κ3) is 4.92. The minimum absolute atomic E-state index is 0.0787. The molecule has 1 unspecified atom stereocenters. The van der Waals surface area contributed by atoms with Gasteiger partial charge in [0.05, 0.1) is 35.0 Å². The van der Waals surface area contributed by atoms with Crippen molar-refractivity contribution >= 4 is 40.9 Å². The van der Waals surface area contributed by atoms with E-state index in [1.807, 2.05) is 35.8 Å². The lowest BCUT2D eigenvalue weighted by Crippen LogP contribution is -2.52. The molecule has 3 heterocycles. The maximum absolute atomic E-state index is 13.7. The summed E-state index contributed by atoms with van der Waals surface area (Å²) in [4.78, 5) is 28.7. The molecule has 7 rings (SSSR count). The average Bonchev–Trinajstić information content (AvgIpc) is 3.70. The minimum atomic E-state index is -0.874. The van der Waals surface area contributed by atoms with Crippen LogP contribution in [-0.2, 0) is 22.6 Å². The first kappa shape index (κ1) is 27.2. The smallest absolute Gasteiger partial charge is 0.410 e. The third-order valence-corrected chi connectivity index (χ3v) is 8.44. The van der Waals surface area contributed by atoms with Gasteiger partial charge >= 0.3 is 6.09 Å². The molecule has 5 aromatic rings. The van der Waals surface area contributed by atoms with Crippen LogP contribution in [0.5, 0.6) is 0 Å². The van der Waals surface area contributed by atoms with Crippen LogP contribution in [-0.4, -0.2) is 54.1 Å². The van der Waals surface area contributed by atoms with Crippen LogP contribution in [0.3, 0.4) is 0 Å². The molecule has 3 aromatic carbocycles. The van der Waals surface area contributed by atoms with Gasteiger partial charge in [0.25, 0.3) is 0 Å². The number of hydrogen-bond donors (Lipinski definition) is 1. The fraction of sp³-hybridized carbons (Fsp3) is 0.194. The zero-order valence-electron chi connectivity index (χ0n) is 22.9. The van der Waals surface area contributed by atoms with E-state index in [-0.39, 0.29) is 25.6 Å². The van der Waals surface area contributed by atoms with Gasteiger partial charge in [0, 0.05) is 17.8 Å². The second kappa shape index (κ2) is 10.9. The van der Waals surface area contributed by atoms with Gasteiger partial charge in [-0.2, -0.15) is 5.10 Å². The Bertz CT molecular complexity index is 1840. The third-order valence-electron chi connectivity index (χ3n) is 7.94. The predicted octanol–water partition coefficient (Wildman–Crippen LogP) is 5.85. The van der Waals surface area contributed by atoms with E-state index in [0.29, 0.717) is 33.1 Å². The normalized spacial score (nSPS) is 15.5. The number of carbonyl (C=O) groups is 2. The largest absolute Gasteiger partial charge is 0.448 e. The van der Waals surface area contributed by atoms with E-state index in [4.69, 9.17) is 27.9 Å². The first-order valence-corrected chi connectivity index (χ1v) is 14.4. The number of carbonyl (C=O) groups excluding carboxylic acids is 2. The molecule has 216 valence electrons. The van der Waals surface area contributed by atoms with E-state index < -0.39 is 18.0 Å². The molecule has 2 aromatic heterocycles. The maximum atomic E-state index is 13.7.